The molecule has 0 fully saturated rings. The predicted molar refractivity (Wildman–Crippen MR) is 65.4 cm³/mol. The number of anilines is 1. The summed E-state index contributed by atoms with van der Waals surface area (Å²) in [6.45, 7) is 0.312. The Hall–Kier alpha value is -2.27. The van der Waals surface area contributed by atoms with Gasteiger partial charge in [0.1, 0.15) is 5.76 Å². The van der Waals surface area contributed by atoms with Gasteiger partial charge in [0, 0.05) is 11.3 Å². The van der Waals surface area contributed by atoms with Gasteiger partial charge in [0.15, 0.2) is 0 Å². The third kappa shape index (κ3) is 2.70. The molecule has 2 rings (SSSR count). The van der Waals surface area contributed by atoms with E-state index in [0.717, 1.165) is 11.3 Å². The summed E-state index contributed by atoms with van der Waals surface area (Å²) in [6.07, 6.45) is 0. The zero-order chi connectivity index (χ0) is 13.0. The van der Waals surface area contributed by atoms with Gasteiger partial charge >= 0.3 is 5.97 Å². The molecule has 0 aliphatic carbocycles. The quantitative estimate of drug-likeness (QED) is 0.753. The highest BCUT2D eigenvalue weighted by molar-refractivity contribution is 5.84. The largest absolute Gasteiger partial charge is 0.475 e. The maximum absolute atomic E-state index is 10.6. The zero-order valence-electron chi connectivity index (χ0n) is 9.59. The van der Waals surface area contributed by atoms with Crippen LogP contribution in [0.2, 0.25) is 0 Å². The van der Waals surface area contributed by atoms with Gasteiger partial charge in [-0.3, -0.25) is 0 Å². The first-order valence-electron chi connectivity index (χ1n) is 5.45. The molecule has 3 N–H and O–H groups in total. The summed E-state index contributed by atoms with van der Waals surface area (Å²) in [4.78, 5) is 10.6. The minimum atomic E-state index is -1.09. The summed E-state index contributed by atoms with van der Waals surface area (Å²) >= 11 is 0. The van der Waals surface area contributed by atoms with Crippen LogP contribution in [0.5, 0.6) is 0 Å². The van der Waals surface area contributed by atoms with Crippen molar-refractivity contribution in [1.29, 1.82) is 0 Å². The van der Waals surface area contributed by atoms with Gasteiger partial charge in [0.05, 0.1) is 13.2 Å². The molecule has 0 radical (unpaired) electrons. The number of aliphatic hydroxyl groups excluding tert-OH is 1. The average molecular weight is 247 g/mol. The molecule has 2 aromatic rings. The van der Waals surface area contributed by atoms with Crippen LogP contribution in [0, 0.1) is 0 Å². The van der Waals surface area contributed by atoms with Gasteiger partial charge in [-0.05, 0) is 18.2 Å². The molecule has 0 atom stereocenters. The first kappa shape index (κ1) is 12.2. The van der Waals surface area contributed by atoms with Crippen LogP contribution in [0.1, 0.15) is 21.9 Å². The lowest BCUT2D eigenvalue weighted by molar-refractivity contribution is 0.0660. The molecule has 1 heterocycles. The van der Waals surface area contributed by atoms with Crippen LogP contribution in [0.25, 0.3) is 0 Å². The fourth-order valence-electron chi connectivity index (χ4n) is 1.60. The van der Waals surface area contributed by atoms with E-state index < -0.39 is 5.97 Å². The van der Waals surface area contributed by atoms with Crippen molar-refractivity contribution in [1.82, 2.24) is 0 Å². The van der Waals surface area contributed by atoms with Gasteiger partial charge in [-0.25, -0.2) is 4.79 Å². The number of carboxylic acids is 1. The number of carboxylic acid groups (broad SMARTS) is 1. The van der Waals surface area contributed by atoms with Crippen molar-refractivity contribution < 1.29 is 19.4 Å². The summed E-state index contributed by atoms with van der Waals surface area (Å²) in [7, 11) is 0. The number of hydrogen-bond donors (Lipinski definition) is 3. The normalized spacial score (nSPS) is 10.3. The van der Waals surface area contributed by atoms with Crippen molar-refractivity contribution in [3.63, 3.8) is 0 Å². The number of para-hydroxylation sites is 1. The second-order valence-electron chi connectivity index (χ2n) is 3.74. The monoisotopic (exact) mass is 247 g/mol. The highest BCUT2D eigenvalue weighted by atomic mass is 16.4. The van der Waals surface area contributed by atoms with Crippen molar-refractivity contribution in [2.75, 3.05) is 5.32 Å². The third-order valence-corrected chi connectivity index (χ3v) is 2.51. The maximum Gasteiger partial charge on any atom is 0.371 e. The van der Waals surface area contributed by atoms with E-state index in [0.29, 0.717) is 12.3 Å². The van der Waals surface area contributed by atoms with Gasteiger partial charge in [0.2, 0.25) is 5.76 Å². The summed E-state index contributed by atoms with van der Waals surface area (Å²) < 4.78 is 5.12. The lowest BCUT2D eigenvalue weighted by Gasteiger charge is -2.08. The van der Waals surface area contributed by atoms with E-state index in [1.165, 1.54) is 6.07 Å². The minimum absolute atomic E-state index is 0.0539. The number of aliphatic hydroxyl groups is 1. The first-order chi connectivity index (χ1) is 8.70. The van der Waals surface area contributed by atoms with Crippen LogP contribution >= 0.6 is 0 Å². The van der Waals surface area contributed by atoms with Crippen LogP contribution in [-0.4, -0.2) is 16.2 Å². The van der Waals surface area contributed by atoms with Gasteiger partial charge in [0.25, 0.3) is 0 Å². The van der Waals surface area contributed by atoms with E-state index in [1.807, 2.05) is 24.3 Å². The number of benzene rings is 1. The summed E-state index contributed by atoms with van der Waals surface area (Å²) in [5.41, 5.74) is 1.58. The zero-order valence-corrected chi connectivity index (χ0v) is 9.59. The van der Waals surface area contributed by atoms with Crippen LogP contribution in [-0.2, 0) is 13.2 Å². The van der Waals surface area contributed by atoms with Gasteiger partial charge < -0.3 is 19.9 Å². The standard InChI is InChI=1S/C13H13NO4/c15-8-9-3-1-2-4-11(9)14-7-10-5-6-12(18-10)13(16)17/h1-6,14-15H,7-8H2,(H,16,17). The maximum atomic E-state index is 10.6. The highest BCUT2D eigenvalue weighted by Gasteiger charge is 2.09. The number of nitrogens with one attached hydrogen (secondary N) is 1. The van der Waals surface area contributed by atoms with Crippen LogP contribution in [0.3, 0.4) is 0 Å². The molecule has 5 nitrogen and oxygen atoms in total. The number of carbonyl (C=O) groups is 1. The highest BCUT2D eigenvalue weighted by Crippen LogP contribution is 2.16. The van der Waals surface area contributed by atoms with Gasteiger partial charge in [-0.15, -0.1) is 0 Å². The van der Waals surface area contributed by atoms with Crippen molar-refractivity contribution in [3.8, 4) is 0 Å². The summed E-state index contributed by atoms with van der Waals surface area (Å²) in [5, 5.41) is 21.0. The van der Waals surface area contributed by atoms with E-state index in [4.69, 9.17) is 14.6 Å². The topological polar surface area (TPSA) is 82.7 Å². The minimum Gasteiger partial charge on any atom is -0.475 e. The van der Waals surface area contributed by atoms with E-state index in [-0.39, 0.29) is 12.4 Å². The summed E-state index contributed by atoms with van der Waals surface area (Å²) in [6, 6.07) is 10.4. The molecule has 0 spiro atoms. The Kier molecular flexibility index (Phi) is 3.64. The molecule has 0 unspecified atom stereocenters. The van der Waals surface area contributed by atoms with E-state index in [9.17, 15) is 4.79 Å². The van der Waals surface area contributed by atoms with Crippen molar-refractivity contribution >= 4 is 11.7 Å². The predicted octanol–water partition coefficient (Wildman–Crippen LogP) is 2.08. The Morgan fingerprint density at radius 2 is 2.00 bits per heavy atom. The molecule has 0 bridgehead atoms. The van der Waals surface area contributed by atoms with Crippen LogP contribution < -0.4 is 5.32 Å². The Bertz CT molecular complexity index is 547. The molecule has 1 aromatic heterocycles. The van der Waals surface area contributed by atoms with E-state index >= 15 is 0 Å². The average Bonchev–Trinajstić information content (AvgIpc) is 2.85. The van der Waals surface area contributed by atoms with Crippen LogP contribution in [0.4, 0.5) is 5.69 Å². The number of aromatic carboxylic acids is 1. The Balaban J connectivity index is 2.04. The second-order valence-corrected chi connectivity index (χ2v) is 3.74. The molecule has 0 amide bonds. The molecule has 0 saturated heterocycles. The summed E-state index contributed by atoms with van der Waals surface area (Å²) in [5.74, 6) is -0.639. The molecular formula is C13H13NO4. The fraction of sp³-hybridized carbons (Fsp3) is 0.154. The van der Waals surface area contributed by atoms with Gasteiger partial charge in [-0.1, -0.05) is 18.2 Å². The molecule has 0 saturated carbocycles. The smallest absolute Gasteiger partial charge is 0.371 e. The molecule has 5 heteroatoms. The lowest BCUT2D eigenvalue weighted by Crippen LogP contribution is -2.01. The number of hydrogen-bond acceptors (Lipinski definition) is 4. The van der Waals surface area contributed by atoms with Gasteiger partial charge in [-0.2, -0.15) is 0 Å². The number of furan rings is 1. The number of rotatable bonds is 5. The van der Waals surface area contributed by atoms with Crippen LogP contribution in [0.15, 0.2) is 40.8 Å². The Morgan fingerprint density at radius 1 is 1.22 bits per heavy atom. The SMILES string of the molecule is O=C(O)c1ccc(CNc2ccccc2CO)o1. The fourth-order valence-corrected chi connectivity index (χ4v) is 1.60. The van der Waals surface area contributed by atoms with E-state index in [1.54, 1.807) is 6.07 Å². The Morgan fingerprint density at radius 3 is 2.67 bits per heavy atom. The second kappa shape index (κ2) is 5.37. The first-order valence-corrected chi connectivity index (χ1v) is 5.45. The molecule has 18 heavy (non-hydrogen) atoms. The molecular weight excluding hydrogens is 234 g/mol. The van der Waals surface area contributed by atoms with Crippen molar-refractivity contribution in [2.45, 2.75) is 13.2 Å². The molecule has 94 valence electrons. The molecule has 1 aromatic carbocycles. The Labute approximate surface area is 104 Å². The molecule has 0 aliphatic rings. The third-order valence-electron chi connectivity index (χ3n) is 2.51. The van der Waals surface area contributed by atoms with E-state index in [2.05, 4.69) is 5.32 Å². The van der Waals surface area contributed by atoms with Crippen molar-refractivity contribution in [3.05, 3.63) is 53.5 Å². The lowest BCUT2D eigenvalue weighted by atomic mass is 10.2. The van der Waals surface area contributed by atoms with Crippen molar-refractivity contribution in [2.24, 2.45) is 0 Å². The molecule has 0 aliphatic heterocycles.